The second kappa shape index (κ2) is 8.99. The number of nitrogens with two attached hydrogens (primary N) is 1. The lowest BCUT2D eigenvalue weighted by molar-refractivity contribution is -0.135. The Morgan fingerprint density at radius 1 is 1.10 bits per heavy atom. The molecular formula is C17H33ClN2O. The minimum Gasteiger partial charge on any atom is -0.339 e. The number of amides is 1. The molecule has 3 nitrogen and oxygen atoms in total. The average molecular weight is 317 g/mol. The Balaban J connectivity index is 0.00000220. The molecule has 2 fully saturated rings. The van der Waals surface area contributed by atoms with E-state index in [0.29, 0.717) is 30.2 Å². The van der Waals surface area contributed by atoms with Gasteiger partial charge in [-0.05, 0) is 37.5 Å². The van der Waals surface area contributed by atoms with Crippen LogP contribution in [0.25, 0.3) is 0 Å². The molecule has 4 heteroatoms. The van der Waals surface area contributed by atoms with Gasteiger partial charge in [-0.15, -0.1) is 12.4 Å². The van der Waals surface area contributed by atoms with E-state index in [4.69, 9.17) is 5.73 Å². The van der Waals surface area contributed by atoms with E-state index in [2.05, 4.69) is 18.7 Å². The molecule has 0 aliphatic heterocycles. The van der Waals surface area contributed by atoms with Crippen molar-refractivity contribution in [1.29, 1.82) is 0 Å². The fourth-order valence-corrected chi connectivity index (χ4v) is 3.90. The van der Waals surface area contributed by atoms with Gasteiger partial charge in [0.1, 0.15) is 0 Å². The van der Waals surface area contributed by atoms with E-state index in [-0.39, 0.29) is 18.4 Å². The molecule has 0 spiro atoms. The molecule has 0 bridgehead atoms. The Kier molecular flexibility index (Phi) is 8.04. The highest BCUT2D eigenvalue weighted by atomic mass is 35.5. The van der Waals surface area contributed by atoms with Crippen LogP contribution in [0.15, 0.2) is 0 Å². The molecule has 1 amide bonds. The number of carbonyl (C=O) groups excluding carboxylic acids is 1. The maximum atomic E-state index is 12.7. The third-order valence-corrected chi connectivity index (χ3v) is 5.05. The molecule has 2 aliphatic rings. The van der Waals surface area contributed by atoms with E-state index >= 15 is 0 Å². The standard InChI is InChI=1S/C17H32N2O.ClH/c1-13(2)12-19(15-8-4-5-9-15)17(20)11-14-7-3-6-10-16(14)18;/h13-16H,3-12,18H2,1-2H3;1H. The molecular weight excluding hydrogens is 284 g/mol. The van der Waals surface area contributed by atoms with Crippen LogP contribution in [0.3, 0.4) is 0 Å². The second-order valence-corrected chi connectivity index (χ2v) is 7.29. The molecule has 2 aliphatic carbocycles. The lowest BCUT2D eigenvalue weighted by atomic mass is 9.82. The van der Waals surface area contributed by atoms with Crippen LogP contribution in [-0.2, 0) is 4.79 Å². The molecule has 0 radical (unpaired) electrons. The molecule has 2 saturated carbocycles. The molecule has 2 unspecified atom stereocenters. The van der Waals surface area contributed by atoms with Gasteiger partial charge in [0.2, 0.25) is 5.91 Å². The number of halogens is 1. The monoisotopic (exact) mass is 316 g/mol. The zero-order valence-electron chi connectivity index (χ0n) is 13.7. The summed E-state index contributed by atoms with van der Waals surface area (Å²) in [4.78, 5) is 14.9. The van der Waals surface area contributed by atoms with E-state index in [1.807, 2.05) is 0 Å². The maximum Gasteiger partial charge on any atom is 0.223 e. The Morgan fingerprint density at radius 3 is 2.24 bits per heavy atom. The fraction of sp³-hybridized carbons (Fsp3) is 0.941. The highest BCUT2D eigenvalue weighted by Crippen LogP contribution is 2.29. The van der Waals surface area contributed by atoms with Crippen molar-refractivity contribution in [2.75, 3.05) is 6.54 Å². The van der Waals surface area contributed by atoms with E-state index in [1.54, 1.807) is 0 Å². The van der Waals surface area contributed by atoms with Gasteiger partial charge < -0.3 is 10.6 Å². The summed E-state index contributed by atoms with van der Waals surface area (Å²) < 4.78 is 0. The van der Waals surface area contributed by atoms with Crippen molar-refractivity contribution in [2.24, 2.45) is 17.6 Å². The summed E-state index contributed by atoms with van der Waals surface area (Å²) in [5, 5.41) is 0. The van der Waals surface area contributed by atoms with Crippen molar-refractivity contribution in [3.8, 4) is 0 Å². The Labute approximate surface area is 136 Å². The second-order valence-electron chi connectivity index (χ2n) is 7.29. The van der Waals surface area contributed by atoms with Crippen molar-refractivity contribution >= 4 is 18.3 Å². The molecule has 0 saturated heterocycles. The SMILES string of the molecule is CC(C)CN(C(=O)CC1CCCCC1N)C1CCCC1.Cl. The molecule has 124 valence electrons. The first-order valence-electron chi connectivity index (χ1n) is 8.63. The zero-order valence-corrected chi connectivity index (χ0v) is 14.5. The summed E-state index contributed by atoms with van der Waals surface area (Å²) in [7, 11) is 0. The van der Waals surface area contributed by atoms with Crippen molar-refractivity contribution in [2.45, 2.75) is 83.7 Å². The highest BCUT2D eigenvalue weighted by Gasteiger charge is 2.31. The molecule has 2 N–H and O–H groups in total. The van der Waals surface area contributed by atoms with Gasteiger partial charge in [0.05, 0.1) is 0 Å². The van der Waals surface area contributed by atoms with E-state index in [1.165, 1.54) is 38.5 Å². The summed E-state index contributed by atoms with van der Waals surface area (Å²) in [6, 6.07) is 0.752. The first-order valence-corrected chi connectivity index (χ1v) is 8.63. The smallest absolute Gasteiger partial charge is 0.223 e. The molecule has 21 heavy (non-hydrogen) atoms. The van der Waals surface area contributed by atoms with Crippen LogP contribution in [0, 0.1) is 11.8 Å². The maximum absolute atomic E-state index is 12.7. The summed E-state index contributed by atoms with van der Waals surface area (Å²) in [5.41, 5.74) is 6.21. The van der Waals surface area contributed by atoms with Gasteiger partial charge >= 0.3 is 0 Å². The van der Waals surface area contributed by atoms with E-state index in [0.717, 1.165) is 19.4 Å². The van der Waals surface area contributed by atoms with Crippen molar-refractivity contribution in [3.63, 3.8) is 0 Å². The molecule has 2 rings (SSSR count). The minimum absolute atomic E-state index is 0. The van der Waals surface area contributed by atoms with E-state index in [9.17, 15) is 4.79 Å². The van der Waals surface area contributed by atoms with Crippen LogP contribution >= 0.6 is 12.4 Å². The molecule has 0 aromatic heterocycles. The largest absolute Gasteiger partial charge is 0.339 e. The summed E-state index contributed by atoms with van der Waals surface area (Å²) in [6.45, 7) is 5.34. The minimum atomic E-state index is 0. The van der Waals surface area contributed by atoms with Gasteiger partial charge in [-0.3, -0.25) is 4.79 Å². The summed E-state index contributed by atoms with van der Waals surface area (Å²) in [6.07, 6.45) is 10.4. The van der Waals surface area contributed by atoms with E-state index < -0.39 is 0 Å². The van der Waals surface area contributed by atoms with Gasteiger partial charge in [0.15, 0.2) is 0 Å². The Morgan fingerprint density at radius 2 is 1.67 bits per heavy atom. The summed E-state index contributed by atoms with van der Waals surface area (Å²) in [5.74, 6) is 1.35. The molecule has 0 heterocycles. The van der Waals surface area contributed by atoms with Gasteiger partial charge in [0, 0.05) is 25.0 Å². The predicted octanol–water partition coefficient (Wildman–Crippen LogP) is 3.74. The molecule has 0 aromatic carbocycles. The zero-order chi connectivity index (χ0) is 14.5. The highest BCUT2D eigenvalue weighted by molar-refractivity contribution is 5.85. The number of hydrogen-bond donors (Lipinski definition) is 1. The van der Waals surface area contributed by atoms with Crippen molar-refractivity contribution < 1.29 is 4.79 Å². The molecule has 2 atom stereocenters. The lowest BCUT2D eigenvalue weighted by Gasteiger charge is -2.34. The Bertz CT molecular complexity index is 316. The van der Waals surface area contributed by atoms with Crippen LogP contribution in [0.5, 0.6) is 0 Å². The number of rotatable bonds is 5. The third kappa shape index (κ3) is 5.45. The topological polar surface area (TPSA) is 46.3 Å². The average Bonchev–Trinajstić information content (AvgIpc) is 2.92. The van der Waals surface area contributed by atoms with Crippen LogP contribution < -0.4 is 5.73 Å². The first-order chi connectivity index (χ1) is 9.58. The Hall–Kier alpha value is -0.280. The third-order valence-electron chi connectivity index (χ3n) is 5.05. The van der Waals surface area contributed by atoms with Crippen molar-refractivity contribution in [3.05, 3.63) is 0 Å². The lowest BCUT2D eigenvalue weighted by Crippen LogP contribution is -2.44. The molecule has 0 aromatic rings. The summed E-state index contributed by atoms with van der Waals surface area (Å²) >= 11 is 0. The van der Waals surface area contributed by atoms with Crippen LogP contribution in [0.4, 0.5) is 0 Å². The van der Waals surface area contributed by atoms with Gasteiger partial charge in [-0.25, -0.2) is 0 Å². The quantitative estimate of drug-likeness (QED) is 0.839. The van der Waals surface area contributed by atoms with Gasteiger partial charge in [-0.1, -0.05) is 39.5 Å². The first kappa shape index (κ1) is 18.8. The predicted molar refractivity (Wildman–Crippen MR) is 90.6 cm³/mol. The number of carbonyl (C=O) groups is 1. The van der Waals surface area contributed by atoms with Crippen LogP contribution in [-0.4, -0.2) is 29.4 Å². The normalized spacial score (nSPS) is 26.7. The van der Waals surface area contributed by atoms with Crippen LogP contribution in [0.1, 0.15) is 71.6 Å². The number of nitrogens with zero attached hydrogens (tertiary/aromatic N) is 1. The fourth-order valence-electron chi connectivity index (χ4n) is 3.90. The van der Waals surface area contributed by atoms with Crippen molar-refractivity contribution in [1.82, 2.24) is 4.90 Å². The number of hydrogen-bond acceptors (Lipinski definition) is 2. The van der Waals surface area contributed by atoms with Crippen LogP contribution in [0.2, 0.25) is 0 Å². The van der Waals surface area contributed by atoms with Gasteiger partial charge in [-0.2, -0.15) is 0 Å². The van der Waals surface area contributed by atoms with Gasteiger partial charge in [0.25, 0.3) is 0 Å².